The average molecular weight is 553 g/mol. The Morgan fingerprint density at radius 2 is 1.65 bits per heavy atom. The summed E-state index contributed by atoms with van der Waals surface area (Å²) in [6.07, 6.45) is 4.48. The molecular formula is C28H37FN8O3. The molecule has 1 heterocycles. The first-order chi connectivity index (χ1) is 19.6. The number of hydrogen-bond donors (Lipinski definition) is 5. The standard InChI is InChI=1S/C28H37FN8O3/c29-22-10-8-20(9-11-22)19-32-26-35-27(33-23-5-1-2-6-23)37-28(36-26)34-24-7-3-4-21(18-24)25(38)31-13-15-40-17-16-39-14-12-30/h3-4,7-11,18,23H,1-2,5-6,12-17,19,30H2,(H,31,38)(H3,32,33,34,35,36,37). The normalized spacial score (nSPS) is 13.2. The molecule has 1 aliphatic rings. The average Bonchev–Trinajstić information content (AvgIpc) is 3.47. The van der Waals surface area contributed by atoms with Crippen molar-refractivity contribution in [2.24, 2.45) is 5.73 Å². The van der Waals surface area contributed by atoms with Crippen LogP contribution in [-0.4, -0.2) is 66.4 Å². The highest BCUT2D eigenvalue weighted by atomic mass is 19.1. The Morgan fingerprint density at radius 3 is 2.42 bits per heavy atom. The number of ether oxygens (including phenoxy) is 2. The highest BCUT2D eigenvalue weighted by Crippen LogP contribution is 2.23. The van der Waals surface area contributed by atoms with Gasteiger partial charge in [0.25, 0.3) is 5.91 Å². The summed E-state index contributed by atoms with van der Waals surface area (Å²) in [4.78, 5) is 26.3. The Balaban J connectivity index is 1.36. The van der Waals surface area contributed by atoms with Crippen LogP contribution in [0.5, 0.6) is 0 Å². The third kappa shape index (κ3) is 9.70. The smallest absolute Gasteiger partial charge is 0.251 e. The summed E-state index contributed by atoms with van der Waals surface area (Å²) < 4.78 is 24.0. The van der Waals surface area contributed by atoms with Crippen molar-refractivity contribution in [3.05, 3.63) is 65.5 Å². The molecule has 12 heteroatoms. The van der Waals surface area contributed by atoms with Gasteiger partial charge in [-0.3, -0.25) is 4.79 Å². The molecule has 0 atom stereocenters. The monoisotopic (exact) mass is 552 g/mol. The molecule has 0 unspecified atom stereocenters. The van der Waals surface area contributed by atoms with Gasteiger partial charge in [-0.15, -0.1) is 0 Å². The van der Waals surface area contributed by atoms with Crippen molar-refractivity contribution < 1.29 is 18.7 Å². The molecule has 4 rings (SSSR count). The van der Waals surface area contributed by atoms with E-state index >= 15 is 0 Å². The van der Waals surface area contributed by atoms with Gasteiger partial charge >= 0.3 is 0 Å². The first-order valence-corrected chi connectivity index (χ1v) is 13.6. The summed E-state index contributed by atoms with van der Waals surface area (Å²) >= 11 is 0. The Labute approximate surface area is 233 Å². The first kappa shape index (κ1) is 29.1. The van der Waals surface area contributed by atoms with E-state index in [1.165, 1.54) is 25.0 Å². The fraction of sp³-hybridized carbons (Fsp3) is 0.429. The number of nitrogens with zero attached hydrogens (tertiary/aromatic N) is 3. The van der Waals surface area contributed by atoms with E-state index in [2.05, 4.69) is 36.2 Å². The summed E-state index contributed by atoms with van der Waals surface area (Å²) in [5.74, 6) is 0.678. The van der Waals surface area contributed by atoms with E-state index in [-0.39, 0.29) is 11.7 Å². The maximum Gasteiger partial charge on any atom is 0.251 e. The highest BCUT2D eigenvalue weighted by Gasteiger charge is 2.17. The molecular weight excluding hydrogens is 515 g/mol. The van der Waals surface area contributed by atoms with Gasteiger partial charge in [0.15, 0.2) is 0 Å². The molecule has 0 saturated heterocycles. The molecule has 40 heavy (non-hydrogen) atoms. The fourth-order valence-electron chi connectivity index (χ4n) is 4.22. The predicted molar refractivity (Wildman–Crippen MR) is 152 cm³/mol. The number of benzene rings is 2. The number of aromatic nitrogens is 3. The zero-order valence-corrected chi connectivity index (χ0v) is 22.5. The van der Waals surface area contributed by atoms with Crippen molar-refractivity contribution in [3.8, 4) is 0 Å². The molecule has 6 N–H and O–H groups in total. The number of halogens is 1. The van der Waals surface area contributed by atoms with Gasteiger partial charge in [-0.1, -0.05) is 31.0 Å². The van der Waals surface area contributed by atoms with E-state index in [1.807, 2.05) is 6.07 Å². The van der Waals surface area contributed by atoms with E-state index in [9.17, 15) is 9.18 Å². The van der Waals surface area contributed by atoms with Crippen molar-refractivity contribution in [1.29, 1.82) is 0 Å². The Morgan fingerprint density at radius 1 is 0.925 bits per heavy atom. The van der Waals surface area contributed by atoms with Gasteiger partial charge in [0.1, 0.15) is 5.82 Å². The zero-order chi connectivity index (χ0) is 28.0. The van der Waals surface area contributed by atoms with Crippen molar-refractivity contribution >= 4 is 29.4 Å². The SMILES string of the molecule is NCCOCCOCCNC(=O)c1cccc(Nc2nc(NCc3ccc(F)cc3)nc(NC3CCCC3)n2)c1. The lowest BCUT2D eigenvalue weighted by molar-refractivity contribution is 0.0511. The summed E-state index contributed by atoms with van der Waals surface area (Å²) in [6.45, 7) is 3.07. The van der Waals surface area contributed by atoms with Crippen molar-refractivity contribution in [2.45, 2.75) is 38.3 Å². The van der Waals surface area contributed by atoms with Crippen LogP contribution in [0.25, 0.3) is 0 Å². The van der Waals surface area contributed by atoms with Gasteiger partial charge in [-0.25, -0.2) is 4.39 Å². The topological polar surface area (TPSA) is 148 Å². The second kappa shape index (κ2) is 15.7. The van der Waals surface area contributed by atoms with Crippen LogP contribution in [0, 0.1) is 5.82 Å². The lowest BCUT2D eigenvalue weighted by Crippen LogP contribution is -2.27. The van der Waals surface area contributed by atoms with Gasteiger partial charge < -0.3 is 36.5 Å². The molecule has 1 amide bonds. The van der Waals surface area contributed by atoms with Gasteiger partial charge in [0.05, 0.1) is 26.4 Å². The summed E-state index contributed by atoms with van der Waals surface area (Å²) in [6, 6.07) is 13.7. The highest BCUT2D eigenvalue weighted by molar-refractivity contribution is 5.95. The molecule has 0 bridgehead atoms. The van der Waals surface area contributed by atoms with E-state index < -0.39 is 0 Å². The van der Waals surface area contributed by atoms with E-state index in [0.717, 1.165) is 18.4 Å². The predicted octanol–water partition coefficient (Wildman–Crippen LogP) is 3.44. The second-order valence-corrected chi connectivity index (χ2v) is 9.39. The van der Waals surface area contributed by atoms with Gasteiger partial charge in [0, 0.05) is 36.9 Å². The third-order valence-electron chi connectivity index (χ3n) is 6.23. The molecule has 0 radical (unpaired) electrons. The molecule has 214 valence electrons. The number of carbonyl (C=O) groups excluding carboxylic acids is 1. The second-order valence-electron chi connectivity index (χ2n) is 9.39. The fourth-order valence-corrected chi connectivity index (χ4v) is 4.22. The van der Waals surface area contributed by atoms with Crippen LogP contribution < -0.4 is 27.0 Å². The van der Waals surface area contributed by atoms with Crippen molar-refractivity contribution in [3.63, 3.8) is 0 Å². The van der Waals surface area contributed by atoms with Gasteiger partial charge in [-0.05, 0) is 48.7 Å². The maximum atomic E-state index is 13.3. The minimum atomic E-state index is -0.285. The molecule has 0 aliphatic heterocycles. The first-order valence-electron chi connectivity index (χ1n) is 13.6. The van der Waals surface area contributed by atoms with Crippen molar-refractivity contribution in [2.75, 3.05) is 55.5 Å². The molecule has 3 aromatic rings. The molecule has 1 saturated carbocycles. The lowest BCUT2D eigenvalue weighted by Gasteiger charge is -2.15. The largest absolute Gasteiger partial charge is 0.378 e. The number of anilines is 4. The number of nitrogens with two attached hydrogens (primary N) is 1. The Kier molecular flexibility index (Phi) is 11.4. The molecule has 1 fully saturated rings. The minimum Gasteiger partial charge on any atom is -0.378 e. The van der Waals surface area contributed by atoms with Crippen LogP contribution >= 0.6 is 0 Å². The van der Waals surface area contributed by atoms with E-state index in [1.54, 1.807) is 30.3 Å². The zero-order valence-electron chi connectivity index (χ0n) is 22.5. The lowest BCUT2D eigenvalue weighted by atomic mass is 10.2. The summed E-state index contributed by atoms with van der Waals surface area (Å²) in [5, 5.41) is 12.6. The van der Waals surface area contributed by atoms with Gasteiger partial charge in [-0.2, -0.15) is 15.0 Å². The molecule has 0 spiro atoms. The van der Waals surface area contributed by atoms with Crippen LogP contribution in [0.4, 0.5) is 27.9 Å². The quantitative estimate of drug-likeness (QED) is 0.167. The Bertz CT molecular complexity index is 1210. The maximum absolute atomic E-state index is 13.3. The van der Waals surface area contributed by atoms with Crippen molar-refractivity contribution in [1.82, 2.24) is 20.3 Å². The number of amides is 1. The number of carbonyl (C=O) groups is 1. The van der Waals surface area contributed by atoms with Crippen LogP contribution in [0.3, 0.4) is 0 Å². The third-order valence-corrected chi connectivity index (χ3v) is 6.23. The van der Waals surface area contributed by atoms with E-state index in [4.69, 9.17) is 15.2 Å². The van der Waals surface area contributed by atoms with Crippen LogP contribution in [0.1, 0.15) is 41.6 Å². The summed E-state index contributed by atoms with van der Waals surface area (Å²) in [7, 11) is 0. The minimum absolute atomic E-state index is 0.215. The number of hydrogen-bond acceptors (Lipinski definition) is 10. The molecule has 1 aliphatic carbocycles. The number of nitrogens with one attached hydrogen (secondary N) is 4. The molecule has 1 aromatic heterocycles. The van der Waals surface area contributed by atoms with E-state index in [0.29, 0.717) is 81.2 Å². The van der Waals surface area contributed by atoms with Crippen LogP contribution in [-0.2, 0) is 16.0 Å². The van der Waals surface area contributed by atoms with Gasteiger partial charge in [0.2, 0.25) is 17.8 Å². The van der Waals surface area contributed by atoms with Crippen LogP contribution in [0.15, 0.2) is 48.5 Å². The Hall–Kier alpha value is -3.87. The number of rotatable bonds is 16. The van der Waals surface area contributed by atoms with Crippen LogP contribution in [0.2, 0.25) is 0 Å². The molecule has 11 nitrogen and oxygen atoms in total. The summed E-state index contributed by atoms with van der Waals surface area (Å²) in [5.41, 5.74) is 7.41. The molecule has 2 aromatic carbocycles.